The monoisotopic (exact) mass is 561 g/mol. The summed E-state index contributed by atoms with van der Waals surface area (Å²) in [6.07, 6.45) is 0. The van der Waals surface area contributed by atoms with Gasteiger partial charge in [0, 0.05) is 37.6 Å². The van der Waals surface area contributed by atoms with Crippen LogP contribution in [0, 0.1) is 5.82 Å². The summed E-state index contributed by atoms with van der Waals surface area (Å²) < 4.78 is 47.6. The molecule has 1 N–H and O–H groups in total. The van der Waals surface area contributed by atoms with Crippen molar-refractivity contribution in [3.05, 3.63) is 120 Å². The quantitative estimate of drug-likeness (QED) is 0.253. The molecule has 208 valence electrons. The van der Waals surface area contributed by atoms with Crippen molar-refractivity contribution in [3.63, 3.8) is 0 Å². The summed E-state index contributed by atoms with van der Waals surface area (Å²) in [6, 6.07) is 26.1. The second-order valence-corrected chi connectivity index (χ2v) is 11.2. The molecule has 0 fully saturated rings. The maximum atomic E-state index is 13.8. The Morgan fingerprint density at radius 2 is 1.57 bits per heavy atom. The van der Waals surface area contributed by atoms with E-state index in [1.807, 2.05) is 62.3 Å². The first kappa shape index (κ1) is 28.6. The number of amides is 1. The van der Waals surface area contributed by atoms with Gasteiger partial charge in [-0.1, -0.05) is 30.3 Å². The normalized spacial score (nSPS) is 11.9. The molecular formula is C31H32FN3O4S. The summed E-state index contributed by atoms with van der Waals surface area (Å²) in [7, 11) is 1.40. The van der Waals surface area contributed by atoms with Gasteiger partial charge in [-0.3, -0.25) is 9.52 Å². The first-order valence-corrected chi connectivity index (χ1v) is 14.2. The van der Waals surface area contributed by atoms with Crippen LogP contribution < -0.4 is 14.4 Å². The Labute approximate surface area is 234 Å². The van der Waals surface area contributed by atoms with Crippen LogP contribution in [0.4, 0.5) is 15.8 Å². The minimum atomic E-state index is -3.87. The van der Waals surface area contributed by atoms with Crippen LogP contribution in [-0.4, -0.2) is 40.4 Å². The molecule has 1 unspecified atom stereocenters. The molecule has 1 amide bonds. The van der Waals surface area contributed by atoms with Crippen molar-refractivity contribution >= 4 is 27.3 Å². The number of rotatable bonds is 10. The van der Waals surface area contributed by atoms with Crippen molar-refractivity contribution in [2.75, 3.05) is 30.8 Å². The maximum absolute atomic E-state index is 13.8. The van der Waals surface area contributed by atoms with Crippen LogP contribution >= 0.6 is 0 Å². The highest BCUT2D eigenvalue weighted by Gasteiger charge is 2.25. The lowest BCUT2D eigenvalue weighted by atomic mass is 10.0. The number of halogens is 1. The molecule has 0 bridgehead atoms. The number of anilines is 2. The number of ether oxygens (including phenoxy) is 1. The van der Waals surface area contributed by atoms with Crippen molar-refractivity contribution in [1.82, 2.24) is 4.90 Å². The van der Waals surface area contributed by atoms with E-state index < -0.39 is 15.8 Å². The zero-order chi connectivity index (χ0) is 28.9. The van der Waals surface area contributed by atoms with E-state index in [4.69, 9.17) is 4.74 Å². The fraction of sp³-hybridized carbons (Fsp3) is 0.194. The van der Waals surface area contributed by atoms with E-state index in [0.29, 0.717) is 17.0 Å². The first-order valence-electron chi connectivity index (χ1n) is 12.7. The van der Waals surface area contributed by atoms with E-state index in [2.05, 4.69) is 4.72 Å². The van der Waals surface area contributed by atoms with Gasteiger partial charge in [0.1, 0.15) is 11.6 Å². The third-order valence-electron chi connectivity index (χ3n) is 6.63. The van der Waals surface area contributed by atoms with Gasteiger partial charge < -0.3 is 14.5 Å². The summed E-state index contributed by atoms with van der Waals surface area (Å²) in [5.74, 6) is -0.147. The zero-order valence-electron chi connectivity index (χ0n) is 22.8. The number of methoxy groups -OCH3 is 1. The standard InChI is InChI=1S/C31H32FN3O4S/c1-22(23-8-6-5-7-9-23)35(31(36)24-10-12-26(32)13-11-24)21-25-20-27(14-19-30(25)34(2)3)33-40(37,38)29-17-15-28(39-4)16-18-29/h5-20,22,33H,21H2,1-4H3. The number of nitrogens with zero attached hydrogens (tertiary/aromatic N) is 2. The van der Waals surface area contributed by atoms with Gasteiger partial charge in [0.25, 0.3) is 15.9 Å². The Morgan fingerprint density at radius 1 is 0.925 bits per heavy atom. The van der Waals surface area contributed by atoms with E-state index in [9.17, 15) is 17.6 Å². The van der Waals surface area contributed by atoms with E-state index in [0.717, 1.165) is 16.8 Å². The van der Waals surface area contributed by atoms with Crippen molar-refractivity contribution in [3.8, 4) is 5.75 Å². The van der Waals surface area contributed by atoms with E-state index in [1.54, 1.807) is 29.2 Å². The Hall–Kier alpha value is -4.37. The predicted molar refractivity (Wildman–Crippen MR) is 156 cm³/mol. The number of hydrogen-bond acceptors (Lipinski definition) is 5. The number of hydrogen-bond donors (Lipinski definition) is 1. The third kappa shape index (κ3) is 6.60. The molecule has 0 saturated heterocycles. The van der Waals surface area contributed by atoms with Gasteiger partial charge in [-0.2, -0.15) is 0 Å². The highest BCUT2D eigenvalue weighted by molar-refractivity contribution is 7.92. The van der Waals surface area contributed by atoms with Crippen LogP contribution in [0.3, 0.4) is 0 Å². The molecule has 0 aliphatic heterocycles. The van der Waals surface area contributed by atoms with Crippen molar-refractivity contribution in [2.24, 2.45) is 0 Å². The molecule has 0 spiro atoms. The van der Waals surface area contributed by atoms with E-state index in [-0.39, 0.29) is 23.4 Å². The van der Waals surface area contributed by atoms with Gasteiger partial charge in [-0.15, -0.1) is 0 Å². The first-order chi connectivity index (χ1) is 19.1. The Bertz CT molecular complexity index is 1560. The lowest BCUT2D eigenvalue weighted by Gasteiger charge is -2.32. The van der Waals surface area contributed by atoms with Crippen LogP contribution in [0.15, 0.2) is 102 Å². The highest BCUT2D eigenvalue weighted by atomic mass is 32.2. The molecule has 0 aliphatic rings. The van der Waals surface area contributed by atoms with Crippen LogP contribution in [0.5, 0.6) is 5.75 Å². The van der Waals surface area contributed by atoms with E-state index >= 15 is 0 Å². The van der Waals surface area contributed by atoms with Crippen molar-refractivity contribution in [1.29, 1.82) is 0 Å². The van der Waals surface area contributed by atoms with Crippen LogP contribution in [-0.2, 0) is 16.6 Å². The molecular weight excluding hydrogens is 529 g/mol. The Balaban J connectivity index is 1.71. The molecule has 4 aromatic rings. The summed E-state index contributed by atoms with van der Waals surface area (Å²) in [5.41, 5.74) is 3.20. The molecule has 0 radical (unpaired) electrons. The third-order valence-corrected chi connectivity index (χ3v) is 8.02. The van der Waals surface area contributed by atoms with Crippen LogP contribution in [0.25, 0.3) is 0 Å². The lowest BCUT2D eigenvalue weighted by Crippen LogP contribution is -2.33. The molecule has 7 nitrogen and oxygen atoms in total. The molecule has 0 aliphatic carbocycles. The molecule has 0 heterocycles. The number of carbonyl (C=O) groups excluding carboxylic acids is 1. The minimum Gasteiger partial charge on any atom is -0.497 e. The maximum Gasteiger partial charge on any atom is 0.261 e. The molecule has 4 aromatic carbocycles. The zero-order valence-corrected chi connectivity index (χ0v) is 23.7. The molecule has 4 rings (SSSR count). The SMILES string of the molecule is COc1ccc(S(=O)(=O)Nc2ccc(N(C)C)c(CN(C(=O)c3ccc(F)cc3)C(C)c3ccccc3)c2)cc1. The molecule has 1 atom stereocenters. The molecule has 0 aromatic heterocycles. The second kappa shape index (κ2) is 12.2. The average molecular weight is 562 g/mol. The minimum absolute atomic E-state index is 0.0948. The van der Waals surface area contributed by atoms with Crippen molar-refractivity contribution < 1.29 is 22.3 Å². The highest BCUT2D eigenvalue weighted by Crippen LogP contribution is 2.31. The van der Waals surface area contributed by atoms with Gasteiger partial charge >= 0.3 is 0 Å². The second-order valence-electron chi connectivity index (χ2n) is 9.55. The average Bonchev–Trinajstić information content (AvgIpc) is 2.96. The summed E-state index contributed by atoms with van der Waals surface area (Å²) in [5, 5.41) is 0. The number of carbonyl (C=O) groups is 1. The topological polar surface area (TPSA) is 79.0 Å². The van der Waals surface area contributed by atoms with Crippen LogP contribution in [0.2, 0.25) is 0 Å². The molecule has 0 saturated carbocycles. The van der Waals surface area contributed by atoms with Gasteiger partial charge in [-0.25, -0.2) is 12.8 Å². The predicted octanol–water partition coefficient (Wildman–Crippen LogP) is 6.10. The number of benzene rings is 4. The van der Waals surface area contributed by atoms with Gasteiger partial charge in [-0.05, 0) is 84.8 Å². The van der Waals surface area contributed by atoms with Gasteiger partial charge in [0.2, 0.25) is 0 Å². The summed E-state index contributed by atoms with van der Waals surface area (Å²) in [6.45, 7) is 2.11. The smallest absolute Gasteiger partial charge is 0.261 e. The number of sulfonamides is 1. The number of nitrogens with one attached hydrogen (secondary N) is 1. The summed E-state index contributed by atoms with van der Waals surface area (Å²) >= 11 is 0. The Kier molecular flexibility index (Phi) is 8.74. The lowest BCUT2D eigenvalue weighted by molar-refractivity contribution is 0.0674. The molecule has 40 heavy (non-hydrogen) atoms. The fourth-order valence-corrected chi connectivity index (χ4v) is 5.47. The fourth-order valence-electron chi connectivity index (χ4n) is 4.42. The van der Waals surface area contributed by atoms with E-state index in [1.165, 1.54) is 43.5 Å². The largest absolute Gasteiger partial charge is 0.497 e. The van der Waals surface area contributed by atoms with Gasteiger partial charge in [0.15, 0.2) is 0 Å². The summed E-state index contributed by atoms with van der Waals surface area (Å²) in [4.78, 5) is 17.5. The molecule has 9 heteroatoms. The van der Waals surface area contributed by atoms with Crippen molar-refractivity contribution in [2.45, 2.75) is 24.4 Å². The van der Waals surface area contributed by atoms with Gasteiger partial charge in [0.05, 0.1) is 18.0 Å². The van der Waals surface area contributed by atoms with Crippen LogP contribution in [0.1, 0.15) is 34.5 Å². The Morgan fingerprint density at radius 3 is 2.17 bits per heavy atom.